The number of rotatable bonds is 10. The van der Waals surface area contributed by atoms with E-state index in [4.69, 9.17) is 9.47 Å². The lowest BCUT2D eigenvalue weighted by Crippen LogP contribution is -2.37. The molecule has 0 bridgehead atoms. The molecular weight excluding hydrogens is 436 g/mol. The molecule has 3 rings (SSSR count). The Hall–Kier alpha value is -3.11. The van der Waals surface area contributed by atoms with Crippen molar-refractivity contribution in [1.29, 1.82) is 0 Å². The standard InChI is InChI=1S/C21H22N4O4S2/c1-3-29-19(27)13-25(16-9-5-4-6-10-16)18(26)14-30-21-24-23-20(31-21)22-15-8-7-11-17(12-15)28-2/h4-12H,3,13-14H2,1-2H3,(H,22,23). The van der Waals surface area contributed by atoms with E-state index in [0.29, 0.717) is 15.2 Å². The summed E-state index contributed by atoms with van der Waals surface area (Å²) in [6.45, 7) is 1.85. The minimum Gasteiger partial charge on any atom is -0.497 e. The second-order valence-corrected chi connectivity index (χ2v) is 8.34. The fraction of sp³-hybridized carbons (Fsp3) is 0.238. The van der Waals surface area contributed by atoms with Crippen LogP contribution in [-0.4, -0.2) is 48.1 Å². The average molecular weight is 459 g/mol. The van der Waals surface area contributed by atoms with Gasteiger partial charge >= 0.3 is 5.97 Å². The lowest BCUT2D eigenvalue weighted by Gasteiger charge is -2.21. The van der Waals surface area contributed by atoms with Crippen molar-refractivity contribution in [3.63, 3.8) is 0 Å². The summed E-state index contributed by atoms with van der Waals surface area (Å²) in [4.78, 5) is 26.2. The van der Waals surface area contributed by atoms with Crippen LogP contribution in [0.25, 0.3) is 0 Å². The third kappa shape index (κ3) is 6.69. The Morgan fingerprint density at radius 2 is 1.94 bits per heavy atom. The van der Waals surface area contributed by atoms with E-state index >= 15 is 0 Å². The first-order valence-corrected chi connectivity index (χ1v) is 11.3. The van der Waals surface area contributed by atoms with Gasteiger partial charge in [0.1, 0.15) is 12.3 Å². The van der Waals surface area contributed by atoms with Gasteiger partial charge in [-0.1, -0.05) is 47.4 Å². The normalized spacial score (nSPS) is 10.4. The number of benzene rings is 2. The van der Waals surface area contributed by atoms with Crippen molar-refractivity contribution in [1.82, 2.24) is 10.2 Å². The second kappa shape index (κ2) is 11.3. The number of ether oxygens (including phenoxy) is 2. The summed E-state index contributed by atoms with van der Waals surface area (Å²) in [5.74, 6) is 0.173. The lowest BCUT2D eigenvalue weighted by molar-refractivity contribution is -0.142. The zero-order valence-corrected chi connectivity index (χ0v) is 18.7. The number of amides is 1. The van der Waals surface area contributed by atoms with Crippen molar-refractivity contribution in [3.05, 3.63) is 54.6 Å². The van der Waals surface area contributed by atoms with E-state index in [1.54, 1.807) is 26.2 Å². The molecule has 10 heteroatoms. The van der Waals surface area contributed by atoms with Gasteiger partial charge in [0.15, 0.2) is 4.34 Å². The topological polar surface area (TPSA) is 93.7 Å². The molecule has 0 spiro atoms. The molecule has 0 aliphatic carbocycles. The van der Waals surface area contributed by atoms with Gasteiger partial charge in [0.25, 0.3) is 0 Å². The smallest absolute Gasteiger partial charge is 0.326 e. The number of anilines is 3. The highest BCUT2D eigenvalue weighted by molar-refractivity contribution is 8.01. The maximum Gasteiger partial charge on any atom is 0.326 e. The van der Waals surface area contributed by atoms with E-state index in [1.165, 1.54) is 28.0 Å². The van der Waals surface area contributed by atoms with Crippen LogP contribution in [0.4, 0.5) is 16.5 Å². The Kier molecular flexibility index (Phi) is 8.25. The maximum atomic E-state index is 12.8. The molecule has 0 fully saturated rings. The molecule has 0 radical (unpaired) electrons. The highest BCUT2D eigenvalue weighted by atomic mass is 32.2. The number of thioether (sulfide) groups is 1. The maximum absolute atomic E-state index is 12.8. The van der Waals surface area contributed by atoms with E-state index in [-0.39, 0.29) is 24.8 Å². The SMILES string of the molecule is CCOC(=O)CN(C(=O)CSc1nnc(Nc2cccc(OC)c2)s1)c1ccccc1. The predicted molar refractivity (Wildman–Crippen MR) is 122 cm³/mol. The molecule has 0 aliphatic heterocycles. The summed E-state index contributed by atoms with van der Waals surface area (Å²) < 4.78 is 10.9. The lowest BCUT2D eigenvalue weighted by atomic mass is 10.3. The molecule has 1 heterocycles. The largest absolute Gasteiger partial charge is 0.497 e. The van der Waals surface area contributed by atoms with E-state index in [1.807, 2.05) is 42.5 Å². The number of aromatic nitrogens is 2. The number of hydrogen-bond acceptors (Lipinski definition) is 9. The molecule has 1 amide bonds. The van der Waals surface area contributed by atoms with E-state index < -0.39 is 5.97 Å². The van der Waals surface area contributed by atoms with Crippen molar-refractivity contribution in [3.8, 4) is 5.75 Å². The molecule has 2 aromatic carbocycles. The molecule has 0 aliphatic rings. The molecule has 3 aromatic rings. The van der Waals surface area contributed by atoms with Crippen LogP contribution < -0.4 is 15.0 Å². The molecule has 1 N–H and O–H groups in total. The van der Waals surface area contributed by atoms with Gasteiger partial charge in [0.2, 0.25) is 11.0 Å². The zero-order chi connectivity index (χ0) is 22.1. The summed E-state index contributed by atoms with van der Waals surface area (Å²) in [5.41, 5.74) is 1.46. The van der Waals surface area contributed by atoms with E-state index in [9.17, 15) is 9.59 Å². The van der Waals surface area contributed by atoms with Crippen LogP contribution >= 0.6 is 23.1 Å². The first-order valence-electron chi connectivity index (χ1n) is 9.47. The van der Waals surface area contributed by atoms with Crippen molar-refractivity contribution >= 4 is 51.5 Å². The van der Waals surface area contributed by atoms with Crippen molar-refractivity contribution in [2.45, 2.75) is 11.3 Å². The molecule has 1 aromatic heterocycles. The summed E-state index contributed by atoms with van der Waals surface area (Å²) in [6, 6.07) is 16.5. The Morgan fingerprint density at radius 3 is 2.68 bits per heavy atom. The highest BCUT2D eigenvalue weighted by Crippen LogP contribution is 2.29. The van der Waals surface area contributed by atoms with Crippen LogP contribution in [-0.2, 0) is 14.3 Å². The highest BCUT2D eigenvalue weighted by Gasteiger charge is 2.20. The van der Waals surface area contributed by atoms with Gasteiger partial charge in [-0.2, -0.15) is 0 Å². The van der Waals surface area contributed by atoms with Crippen LogP contribution in [0.1, 0.15) is 6.92 Å². The number of nitrogens with one attached hydrogen (secondary N) is 1. The van der Waals surface area contributed by atoms with Gasteiger partial charge in [-0.15, -0.1) is 10.2 Å². The molecule has 31 heavy (non-hydrogen) atoms. The molecule has 0 saturated carbocycles. The first-order chi connectivity index (χ1) is 15.1. The molecule has 162 valence electrons. The van der Waals surface area contributed by atoms with E-state index in [2.05, 4.69) is 15.5 Å². The van der Waals surface area contributed by atoms with Gasteiger partial charge in [-0.05, 0) is 31.2 Å². The number of carbonyl (C=O) groups excluding carboxylic acids is 2. The van der Waals surface area contributed by atoms with Crippen molar-refractivity contribution in [2.24, 2.45) is 0 Å². The Labute approximate surface area is 188 Å². The quantitative estimate of drug-likeness (QED) is 0.360. The molecule has 0 atom stereocenters. The first kappa shape index (κ1) is 22.6. The Bertz CT molecular complexity index is 1010. The molecule has 0 unspecified atom stereocenters. The number of nitrogens with zero attached hydrogens (tertiary/aromatic N) is 3. The summed E-state index contributed by atoms with van der Waals surface area (Å²) in [6.07, 6.45) is 0. The van der Waals surface area contributed by atoms with Gasteiger partial charge in [0.05, 0.1) is 19.5 Å². The average Bonchev–Trinajstić information content (AvgIpc) is 3.24. The zero-order valence-electron chi connectivity index (χ0n) is 17.1. The van der Waals surface area contributed by atoms with Gasteiger partial charge in [0, 0.05) is 17.4 Å². The van der Waals surface area contributed by atoms with Crippen molar-refractivity contribution in [2.75, 3.05) is 36.2 Å². The molecule has 0 saturated heterocycles. The van der Waals surface area contributed by atoms with Gasteiger partial charge in [-0.3, -0.25) is 9.59 Å². The molecule has 8 nitrogen and oxygen atoms in total. The number of esters is 1. The van der Waals surface area contributed by atoms with Crippen LogP contribution in [0.5, 0.6) is 5.75 Å². The predicted octanol–water partition coefficient (Wildman–Crippen LogP) is 3.98. The number of methoxy groups -OCH3 is 1. The summed E-state index contributed by atoms with van der Waals surface area (Å²) in [5, 5.41) is 12.0. The van der Waals surface area contributed by atoms with Crippen LogP contribution in [0.3, 0.4) is 0 Å². The fourth-order valence-corrected chi connectivity index (χ4v) is 4.26. The Balaban J connectivity index is 1.62. The van der Waals surface area contributed by atoms with Crippen LogP contribution in [0.2, 0.25) is 0 Å². The minimum atomic E-state index is -0.453. The fourth-order valence-electron chi connectivity index (χ4n) is 2.61. The van der Waals surface area contributed by atoms with Crippen LogP contribution in [0, 0.1) is 0 Å². The Morgan fingerprint density at radius 1 is 1.13 bits per heavy atom. The van der Waals surface area contributed by atoms with Crippen molar-refractivity contribution < 1.29 is 19.1 Å². The second-order valence-electron chi connectivity index (χ2n) is 6.14. The molecular formula is C21H22N4O4S2. The number of carbonyl (C=O) groups is 2. The summed E-state index contributed by atoms with van der Waals surface area (Å²) >= 11 is 2.61. The van der Waals surface area contributed by atoms with E-state index in [0.717, 1.165) is 11.4 Å². The van der Waals surface area contributed by atoms with Crippen LogP contribution in [0.15, 0.2) is 58.9 Å². The summed E-state index contributed by atoms with van der Waals surface area (Å²) in [7, 11) is 1.61. The number of para-hydroxylation sites is 1. The van der Waals surface area contributed by atoms with Gasteiger partial charge in [-0.25, -0.2) is 0 Å². The third-order valence-corrected chi connectivity index (χ3v) is 5.96. The number of hydrogen-bond donors (Lipinski definition) is 1. The third-order valence-electron chi connectivity index (χ3n) is 4.01. The minimum absolute atomic E-state index is 0.113. The van der Waals surface area contributed by atoms with Gasteiger partial charge < -0.3 is 19.7 Å². The monoisotopic (exact) mass is 458 g/mol.